The van der Waals surface area contributed by atoms with Crippen molar-refractivity contribution < 1.29 is 45.5 Å². The molecular formula is C21H16F6N4O4S. The third-order valence-electron chi connectivity index (χ3n) is 5.64. The van der Waals surface area contributed by atoms with Gasteiger partial charge in [0, 0.05) is 28.9 Å². The molecule has 15 heteroatoms. The fraction of sp³-hybridized carbons (Fsp3) is 0.333. The number of nitrogens with one attached hydrogen (secondary N) is 3. The van der Waals surface area contributed by atoms with Crippen molar-refractivity contribution in [3.8, 4) is 0 Å². The topological polar surface area (TPSA) is 108 Å². The third kappa shape index (κ3) is 5.15. The van der Waals surface area contributed by atoms with Crippen molar-refractivity contribution in [2.75, 3.05) is 5.32 Å². The Morgan fingerprint density at radius 2 is 1.69 bits per heavy atom. The maximum absolute atomic E-state index is 13.0. The fourth-order valence-corrected chi connectivity index (χ4v) is 4.89. The van der Waals surface area contributed by atoms with Crippen molar-refractivity contribution in [3.63, 3.8) is 0 Å². The Balaban J connectivity index is 1.44. The zero-order valence-electron chi connectivity index (χ0n) is 18.0. The molecule has 192 valence electrons. The first-order valence-electron chi connectivity index (χ1n) is 10.3. The van der Waals surface area contributed by atoms with Crippen molar-refractivity contribution in [1.82, 2.24) is 15.5 Å². The number of imide groups is 1. The molecule has 8 nitrogen and oxygen atoms in total. The van der Waals surface area contributed by atoms with Gasteiger partial charge >= 0.3 is 18.4 Å². The van der Waals surface area contributed by atoms with E-state index in [1.807, 2.05) is 5.32 Å². The zero-order valence-corrected chi connectivity index (χ0v) is 18.8. The Kier molecular flexibility index (Phi) is 6.45. The quantitative estimate of drug-likeness (QED) is 0.409. The molecule has 0 bridgehead atoms. The van der Waals surface area contributed by atoms with Gasteiger partial charge in [0.1, 0.15) is 6.04 Å². The van der Waals surface area contributed by atoms with Crippen molar-refractivity contribution in [2.24, 2.45) is 0 Å². The Morgan fingerprint density at radius 3 is 2.28 bits per heavy atom. The van der Waals surface area contributed by atoms with Crippen LogP contribution in [0.4, 0.5) is 36.8 Å². The van der Waals surface area contributed by atoms with E-state index in [0.29, 0.717) is 28.1 Å². The second kappa shape index (κ2) is 9.11. The van der Waals surface area contributed by atoms with Crippen LogP contribution in [0.1, 0.15) is 44.8 Å². The Hall–Kier alpha value is -3.62. The van der Waals surface area contributed by atoms with E-state index in [2.05, 4.69) is 10.6 Å². The van der Waals surface area contributed by atoms with E-state index >= 15 is 0 Å². The van der Waals surface area contributed by atoms with Gasteiger partial charge in [-0.2, -0.15) is 26.3 Å². The number of rotatable bonds is 4. The van der Waals surface area contributed by atoms with E-state index in [4.69, 9.17) is 0 Å². The summed E-state index contributed by atoms with van der Waals surface area (Å²) in [5.41, 5.74) is -3.00. The molecule has 0 radical (unpaired) electrons. The number of carbonyl (C=O) groups is 4. The second-order valence-electron chi connectivity index (χ2n) is 8.05. The van der Waals surface area contributed by atoms with Gasteiger partial charge in [-0.1, -0.05) is 0 Å². The average molecular weight is 534 g/mol. The molecule has 1 atom stereocenters. The summed E-state index contributed by atoms with van der Waals surface area (Å²) >= 11 is 1.12. The number of piperidine rings is 1. The summed E-state index contributed by atoms with van der Waals surface area (Å²) in [5, 5.41) is 8.02. The summed E-state index contributed by atoms with van der Waals surface area (Å²) in [6.45, 7) is -0.126. The van der Waals surface area contributed by atoms with E-state index in [9.17, 15) is 45.5 Å². The Morgan fingerprint density at radius 1 is 1.06 bits per heavy atom. The van der Waals surface area contributed by atoms with Gasteiger partial charge in [0.05, 0.1) is 23.2 Å². The van der Waals surface area contributed by atoms with Gasteiger partial charge in [0.2, 0.25) is 11.8 Å². The zero-order chi connectivity index (χ0) is 26.4. The SMILES string of the molecule is O=C1CCC(N2Cc3c(csc3CNC(=O)Nc3cc(C(F)(F)F)cc(C(F)(F)F)c3)C2=O)C(=O)N1. The summed E-state index contributed by atoms with van der Waals surface area (Å²) < 4.78 is 78.0. The van der Waals surface area contributed by atoms with Gasteiger partial charge in [0.25, 0.3) is 5.91 Å². The van der Waals surface area contributed by atoms with Gasteiger partial charge in [-0.25, -0.2) is 4.79 Å². The molecule has 2 aliphatic rings. The lowest BCUT2D eigenvalue weighted by atomic mass is 10.0. The molecule has 0 spiro atoms. The Labute approximate surface area is 202 Å². The molecule has 1 aromatic heterocycles. The number of hydrogen-bond acceptors (Lipinski definition) is 5. The first kappa shape index (κ1) is 25.5. The number of urea groups is 1. The van der Waals surface area contributed by atoms with Crippen LogP contribution in [-0.2, 0) is 35.0 Å². The molecule has 2 aliphatic heterocycles. The summed E-state index contributed by atoms with van der Waals surface area (Å²) in [6, 6.07) is -1.18. The molecule has 5 amide bonds. The number of halogens is 6. The minimum absolute atomic E-state index is 0.0468. The highest BCUT2D eigenvalue weighted by atomic mass is 32.1. The van der Waals surface area contributed by atoms with Crippen molar-refractivity contribution >= 4 is 40.8 Å². The lowest BCUT2D eigenvalue weighted by Crippen LogP contribution is -2.52. The number of amides is 5. The maximum Gasteiger partial charge on any atom is 0.416 e. The van der Waals surface area contributed by atoms with Crippen LogP contribution in [0.15, 0.2) is 23.6 Å². The molecule has 0 saturated carbocycles. The number of alkyl halides is 6. The lowest BCUT2D eigenvalue weighted by molar-refractivity contribution is -0.143. The van der Waals surface area contributed by atoms with Crippen molar-refractivity contribution in [2.45, 2.75) is 44.3 Å². The fourth-order valence-electron chi connectivity index (χ4n) is 3.91. The number of benzene rings is 1. The molecule has 3 heterocycles. The number of nitrogens with zero attached hydrogens (tertiary/aromatic N) is 1. The highest BCUT2D eigenvalue weighted by Crippen LogP contribution is 2.38. The monoisotopic (exact) mass is 534 g/mol. The van der Waals surface area contributed by atoms with Crippen LogP contribution in [-0.4, -0.2) is 34.7 Å². The van der Waals surface area contributed by atoms with Crippen LogP contribution in [0.3, 0.4) is 0 Å². The molecule has 3 N–H and O–H groups in total. The number of thiophene rings is 1. The number of carbonyl (C=O) groups excluding carboxylic acids is 4. The van der Waals surface area contributed by atoms with E-state index < -0.39 is 59.0 Å². The van der Waals surface area contributed by atoms with E-state index in [1.54, 1.807) is 0 Å². The van der Waals surface area contributed by atoms with Crippen LogP contribution >= 0.6 is 11.3 Å². The Bertz CT molecular complexity index is 1220. The number of hydrogen-bond donors (Lipinski definition) is 3. The van der Waals surface area contributed by atoms with Crippen molar-refractivity contribution in [3.05, 3.63) is 50.7 Å². The molecule has 1 fully saturated rings. The largest absolute Gasteiger partial charge is 0.416 e. The molecule has 4 rings (SSSR count). The normalized spacial score (nSPS) is 18.2. The number of anilines is 1. The highest BCUT2D eigenvalue weighted by molar-refractivity contribution is 7.10. The molecule has 2 aromatic rings. The molecule has 1 unspecified atom stereocenters. The first-order valence-corrected chi connectivity index (χ1v) is 11.2. The van der Waals surface area contributed by atoms with Crippen molar-refractivity contribution in [1.29, 1.82) is 0 Å². The summed E-state index contributed by atoms with van der Waals surface area (Å²) in [6.07, 6.45) is -9.89. The predicted octanol–water partition coefficient (Wildman–Crippen LogP) is 3.87. The minimum atomic E-state index is -5.06. The van der Waals surface area contributed by atoms with Crippen LogP contribution in [0, 0.1) is 0 Å². The van der Waals surface area contributed by atoms with Gasteiger partial charge in [-0.05, 0) is 30.2 Å². The number of fused-ring (bicyclic) bond motifs is 1. The van der Waals surface area contributed by atoms with Crippen LogP contribution in [0.5, 0.6) is 0 Å². The lowest BCUT2D eigenvalue weighted by Gasteiger charge is -2.29. The summed E-state index contributed by atoms with van der Waals surface area (Å²) in [7, 11) is 0. The summed E-state index contributed by atoms with van der Waals surface area (Å²) in [4.78, 5) is 50.3. The molecule has 36 heavy (non-hydrogen) atoms. The molecule has 1 saturated heterocycles. The van der Waals surface area contributed by atoms with Crippen LogP contribution < -0.4 is 16.0 Å². The van der Waals surface area contributed by atoms with Crippen LogP contribution in [0.2, 0.25) is 0 Å². The first-order chi connectivity index (χ1) is 16.7. The highest BCUT2D eigenvalue weighted by Gasteiger charge is 2.41. The van der Waals surface area contributed by atoms with Gasteiger partial charge in [-0.3, -0.25) is 19.7 Å². The van der Waals surface area contributed by atoms with E-state index in [0.717, 1.165) is 11.3 Å². The second-order valence-corrected chi connectivity index (χ2v) is 9.02. The minimum Gasteiger partial charge on any atom is -0.333 e. The van der Waals surface area contributed by atoms with Gasteiger partial charge < -0.3 is 15.5 Å². The van der Waals surface area contributed by atoms with Gasteiger partial charge in [0.15, 0.2) is 0 Å². The third-order valence-corrected chi connectivity index (χ3v) is 6.67. The van der Waals surface area contributed by atoms with Crippen LogP contribution in [0.25, 0.3) is 0 Å². The standard InChI is InChI=1S/C21H16F6N4O4S/c22-20(23,24)9-3-10(21(25,26)27)5-11(4-9)29-19(35)28-6-15-12-7-31(18(34)13(12)8-36-15)14-1-2-16(32)30-17(14)33/h3-5,8,14H,1-2,6-7H2,(H2,28,29,35)(H,30,32,33). The maximum atomic E-state index is 13.0. The average Bonchev–Trinajstić information content (AvgIpc) is 3.31. The molecule has 0 aliphatic carbocycles. The smallest absolute Gasteiger partial charge is 0.333 e. The molecular weight excluding hydrogens is 518 g/mol. The predicted molar refractivity (Wildman–Crippen MR) is 113 cm³/mol. The van der Waals surface area contributed by atoms with E-state index in [-0.39, 0.29) is 32.0 Å². The van der Waals surface area contributed by atoms with Gasteiger partial charge in [-0.15, -0.1) is 11.3 Å². The summed E-state index contributed by atoms with van der Waals surface area (Å²) in [5.74, 6) is -1.45. The molecule has 1 aromatic carbocycles. The van der Waals surface area contributed by atoms with E-state index in [1.165, 1.54) is 10.3 Å².